The number of benzene rings is 2. The fourth-order valence-corrected chi connectivity index (χ4v) is 3.15. The molecule has 0 saturated heterocycles. The van der Waals surface area contributed by atoms with E-state index in [0.717, 1.165) is 5.69 Å². The van der Waals surface area contributed by atoms with E-state index in [1.165, 1.54) is 16.8 Å². The van der Waals surface area contributed by atoms with E-state index >= 15 is 0 Å². The van der Waals surface area contributed by atoms with Crippen molar-refractivity contribution >= 4 is 11.6 Å². The van der Waals surface area contributed by atoms with E-state index < -0.39 is 5.82 Å². The van der Waals surface area contributed by atoms with Gasteiger partial charge in [-0.1, -0.05) is 18.2 Å². The minimum Gasteiger partial charge on any atom is -0.441 e. The molecule has 0 fully saturated rings. The Hall–Kier alpha value is -3.94. The summed E-state index contributed by atoms with van der Waals surface area (Å²) >= 11 is 0. The zero-order valence-corrected chi connectivity index (χ0v) is 16.2. The van der Waals surface area contributed by atoms with Crippen LogP contribution < -0.4 is 11.0 Å². The number of H-pyrrole nitrogens is 1. The molecule has 152 valence electrons. The van der Waals surface area contributed by atoms with Gasteiger partial charge >= 0.3 is 5.69 Å². The van der Waals surface area contributed by atoms with Crippen LogP contribution in [-0.4, -0.2) is 20.4 Å². The van der Waals surface area contributed by atoms with Gasteiger partial charge in [0.1, 0.15) is 5.82 Å². The summed E-state index contributed by atoms with van der Waals surface area (Å²) in [6, 6.07) is 13.3. The number of halogens is 1. The molecular weight excluding hydrogens is 387 g/mol. The zero-order valence-electron chi connectivity index (χ0n) is 16.2. The van der Waals surface area contributed by atoms with E-state index in [9.17, 15) is 14.0 Å². The minimum absolute atomic E-state index is 0.143. The van der Waals surface area contributed by atoms with Crippen LogP contribution in [0.2, 0.25) is 0 Å². The lowest BCUT2D eigenvalue weighted by Gasteiger charge is -2.08. The molecule has 2 aromatic heterocycles. The van der Waals surface area contributed by atoms with E-state index in [-0.39, 0.29) is 24.4 Å². The van der Waals surface area contributed by atoms with Crippen molar-refractivity contribution in [3.63, 3.8) is 0 Å². The van der Waals surface area contributed by atoms with Crippen molar-refractivity contribution < 1.29 is 13.6 Å². The maximum absolute atomic E-state index is 13.9. The van der Waals surface area contributed by atoms with Gasteiger partial charge in [-0.25, -0.2) is 14.2 Å². The Morgan fingerprint density at radius 3 is 2.83 bits per heavy atom. The lowest BCUT2D eigenvalue weighted by Crippen LogP contribution is -2.17. The second-order valence-corrected chi connectivity index (χ2v) is 6.77. The van der Waals surface area contributed by atoms with Gasteiger partial charge in [-0.2, -0.15) is 0 Å². The molecule has 4 aromatic rings. The van der Waals surface area contributed by atoms with Gasteiger partial charge in [0.05, 0.1) is 17.4 Å². The summed E-state index contributed by atoms with van der Waals surface area (Å²) in [6.07, 6.45) is 3.49. The van der Waals surface area contributed by atoms with Gasteiger partial charge in [0.2, 0.25) is 5.91 Å². The first-order chi connectivity index (χ1) is 14.5. The number of anilines is 1. The molecule has 0 spiro atoms. The molecule has 0 bridgehead atoms. The lowest BCUT2D eigenvalue weighted by atomic mass is 10.2. The smallest absolute Gasteiger partial charge is 0.330 e. The number of aryl methyl sites for hydroxylation is 2. The van der Waals surface area contributed by atoms with Crippen LogP contribution in [0.25, 0.3) is 17.0 Å². The molecule has 0 aliphatic carbocycles. The van der Waals surface area contributed by atoms with Crippen molar-refractivity contribution in [1.29, 1.82) is 0 Å². The van der Waals surface area contributed by atoms with Gasteiger partial charge in [0.25, 0.3) is 0 Å². The Kier molecular flexibility index (Phi) is 5.30. The molecule has 0 radical (unpaired) electrons. The number of amides is 1. The lowest BCUT2D eigenvalue weighted by molar-refractivity contribution is -0.116. The molecule has 1 amide bonds. The van der Waals surface area contributed by atoms with Crippen LogP contribution in [0.3, 0.4) is 0 Å². The monoisotopic (exact) mass is 406 g/mol. The van der Waals surface area contributed by atoms with Crippen molar-refractivity contribution in [1.82, 2.24) is 14.5 Å². The summed E-state index contributed by atoms with van der Waals surface area (Å²) in [7, 11) is 0. The van der Waals surface area contributed by atoms with Crippen molar-refractivity contribution in [3.05, 3.63) is 88.8 Å². The van der Waals surface area contributed by atoms with Crippen LogP contribution in [0.1, 0.15) is 18.0 Å². The second-order valence-electron chi connectivity index (χ2n) is 6.77. The van der Waals surface area contributed by atoms with Crippen LogP contribution >= 0.6 is 0 Å². The highest BCUT2D eigenvalue weighted by atomic mass is 19.1. The highest BCUT2D eigenvalue weighted by molar-refractivity contribution is 5.91. The molecule has 0 atom stereocenters. The first kappa shape index (κ1) is 19.4. The van der Waals surface area contributed by atoms with Crippen LogP contribution in [0.5, 0.6) is 0 Å². The predicted octanol–water partition coefficient (Wildman–Crippen LogP) is 3.84. The number of carbonyl (C=O) groups is 1. The van der Waals surface area contributed by atoms with Crippen molar-refractivity contribution in [3.8, 4) is 17.0 Å². The number of rotatable bonds is 6. The predicted molar refractivity (Wildman–Crippen MR) is 110 cm³/mol. The number of oxazole rings is 1. The van der Waals surface area contributed by atoms with Gasteiger partial charge in [-0.3, -0.25) is 9.36 Å². The molecule has 2 aromatic carbocycles. The summed E-state index contributed by atoms with van der Waals surface area (Å²) in [5.74, 6) is 0.0562. The third-order valence-corrected chi connectivity index (χ3v) is 4.61. The summed E-state index contributed by atoms with van der Waals surface area (Å²) in [5.41, 5.74) is 2.07. The summed E-state index contributed by atoms with van der Waals surface area (Å²) in [4.78, 5) is 31.0. The average Bonchev–Trinajstić information content (AvgIpc) is 3.33. The van der Waals surface area contributed by atoms with Gasteiger partial charge in [-0.15, -0.1) is 0 Å². The molecule has 2 N–H and O–H groups in total. The van der Waals surface area contributed by atoms with Gasteiger partial charge in [0.15, 0.2) is 11.7 Å². The Labute approximate surface area is 171 Å². The quantitative estimate of drug-likeness (QED) is 0.509. The molecular formula is C22H19FN4O3. The van der Waals surface area contributed by atoms with Crippen molar-refractivity contribution in [2.75, 3.05) is 5.32 Å². The fourth-order valence-electron chi connectivity index (χ4n) is 3.15. The highest BCUT2D eigenvalue weighted by Gasteiger charge is 2.12. The molecule has 0 aliphatic heterocycles. The van der Waals surface area contributed by atoms with Crippen molar-refractivity contribution in [2.24, 2.45) is 0 Å². The molecule has 0 unspecified atom stereocenters. The first-order valence-electron chi connectivity index (χ1n) is 9.38. The summed E-state index contributed by atoms with van der Waals surface area (Å²) < 4.78 is 20.9. The van der Waals surface area contributed by atoms with Gasteiger partial charge < -0.3 is 14.7 Å². The number of aromatic nitrogens is 3. The number of nitrogens with zero attached hydrogens (tertiary/aromatic N) is 2. The third kappa shape index (κ3) is 4.07. The van der Waals surface area contributed by atoms with E-state index in [1.807, 2.05) is 6.92 Å². The number of carbonyl (C=O) groups excluding carboxylic acids is 1. The topological polar surface area (TPSA) is 92.9 Å². The average molecular weight is 406 g/mol. The summed E-state index contributed by atoms with van der Waals surface area (Å²) in [5, 5.41) is 2.81. The largest absolute Gasteiger partial charge is 0.441 e. The minimum atomic E-state index is -0.394. The van der Waals surface area contributed by atoms with Crippen LogP contribution in [0.4, 0.5) is 10.1 Å². The van der Waals surface area contributed by atoms with Crippen molar-refractivity contribution in [2.45, 2.75) is 19.8 Å². The SMILES string of the molecule is Cc1c[nH]c(=O)n1-c1cccc(NC(=O)CCc2ncc(-c3ccccc3F)o2)c1. The molecule has 30 heavy (non-hydrogen) atoms. The van der Waals surface area contributed by atoms with Crippen LogP contribution in [0.15, 0.2) is 70.1 Å². The molecule has 8 heteroatoms. The molecule has 2 heterocycles. The maximum atomic E-state index is 13.9. The van der Waals surface area contributed by atoms with E-state index in [2.05, 4.69) is 15.3 Å². The number of aromatic amines is 1. The van der Waals surface area contributed by atoms with E-state index in [0.29, 0.717) is 28.6 Å². The standard InChI is InChI=1S/C22H19FN4O3/c1-14-12-25-22(29)27(14)16-6-4-5-15(11-16)26-20(28)9-10-21-24-13-19(30-21)17-7-2-3-8-18(17)23/h2-8,11-13H,9-10H2,1H3,(H,25,29)(H,26,28). The molecule has 0 aliphatic rings. The first-order valence-corrected chi connectivity index (χ1v) is 9.38. The van der Waals surface area contributed by atoms with Gasteiger partial charge in [-0.05, 0) is 37.3 Å². The van der Waals surface area contributed by atoms with Gasteiger partial charge in [0, 0.05) is 30.4 Å². The molecule has 7 nitrogen and oxygen atoms in total. The van der Waals surface area contributed by atoms with E-state index in [4.69, 9.17) is 4.42 Å². The number of hydrogen-bond acceptors (Lipinski definition) is 4. The number of nitrogens with one attached hydrogen (secondary N) is 2. The van der Waals surface area contributed by atoms with Crippen LogP contribution in [-0.2, 0) is 11.2 Å². The Bertz CT molecular complexity index is 1260. The normalized spacial score (nSPS) is 10.9. The molecule has 0 saturated carbocycles. The number of imidazole rings is 1. The highest BCUT2D eigenvalue weighted by Crippen LogP contribution is 2.23. The molecule has 4 rings (SSSR count). The summed E-state index contributed by atoms with van der Waals surface area (Å²) in [6.45, 7) is 1.81. The maximum Gasteiger partial charge on any atom is 0.330 e. The third-order valence-electron chi connectivity index (χ3n) is 4.61. The zero-order chi connectivity index (χ0) is 21.1. The Morgan fingerprint density at radius 1 is 1.23 bits per heavy atom. The fraction of sp³-hybridized carbons (Fsp3) is 0.136. The van der Waals surface area contributed by atoms with Crippen LogP contribution in [0, 0.1) is 12.7 Å². The Balaban J connectivity index is 1.40. The van der Waals surface area contributed by atoms with E-state index in [1.54, 1.807) is 48.7 Å². The Morgan fingerprint density at radius 2 is 2.07 bits per heavy atom. The second kappa shape index (κ2) is 8.20. The number of hydrogen-bond donors (Lipinski definition) is 2.